The van der Waals surface area contributed by atoms with Crippen LogP contribution in [-0.2, 0) is 23.7 Å². The molecule has 0 bridgehead atoms. The summed E-state index contributed by atoms with van der Waals surface area (Å²) in [6.07, 6.45) is 4.60. The van der Waals surface area contributed by atoms with Gasteiger partial charge in [0, 0.05) is 25.6 Å². The van der Waals surface area contributed by atoms with E-state index in [1.165, 1.54) is 24.2 Å². The third kappa shape index (κ3) is 2.56. The van der Waals surface area contributed by atoms with Gasteiger partial charge in [-0.15, -0.1) is 0 Å². The average Bonchev–Trinajstić information content (AvgIpc) is 3.28. The molecule has 2 saturated heterocycles. The minimum absolute atomic E-state index is 0.0197. The van der Waals surface area contributed by atoms with Gasteiger partial charge < -0.3 is 23.8 Å². The Morgan fingerprint density at radius 2 is 2.08 bits per heavy atom. The molecule has 1 spiro atoms. The van der Waals surface area contributed by atoms with Crippen molar-refractivity contribution in [1.82, 2.24) is 0 Å². The maximum absolute atomic E-state index is 12.7. The van der Waals surface area contributed by atoms with Gasteiger partial charge in [0.05, 0.1) is 19.7 Å². The van der Waals surface area contributed by atoms with Crippen LogP contribution in [0.15, 0.2) is 0 Å². The molecule has 2 saturated carbocycles. The summed E-state index contributed by atoms with van der Waals surface area (Å²) in [6, 6.07) is 0. The van der Waals surface area contributed by atoms with Crippen molar-refractivity contribution in [2.24, 2.45) is 23.2 Å². The van der Waals surface area contributed by atoms with Gasteiger partial charge >= 0.3 is 5.97 Å². The highest BCUT2D eigenvalue weighted by molar-refractivity contribution is 5.76. The second kappa shape index (κ2) is 6.43. The standard InChI is InChI=1S/C20H33NO5/c1-12-7-6-8-19(2)9-14-16(17-20(12,19)26-17)13(18(22)25-14)10-21(3)11-15(23-4)24-5/h12-17H,6-11H2,1-5H3/p+1/t12-,13+,14+,16+,17-,19+,20-/m0/s1. The summed E-state index contributed by atoms with van der Waals surface area (Å²) in [5, 5.41) is 0. The largest absolute Gasteiger partial charge is 0.462 e. The molecule has 26 heavy (non-hydrogen) atoms. The highest BCUT2D eigenvalue weighted by atomic mass is 16.7. The van der Waals surface area contributed by atoms with Gasteiger partial charge in [0.1, 0.15) is 24.2 Å². The van der Waals surface area contributed by atoms with Crippen molar-refractivity contribution >= 4 is 5.97 Å². The Labute approximate surface area is 156 Å². The van der Waals surface area contributed by atoms with E-state index in [0.29, 0.717) is 12.5 Å². The lowest BCUT2D eigenvalue weighted by atomic mass is 9.53. The number of esters is 1. The quantitative estimate of drug-likeness (QED) is 0.424. The molecule has 4 rings (SSSR count). The summed E-state index contributed by atoms with van der Waals surface area (Å²) in [6.45, 7) is 6.14. The smallest absolute Gasteiger partial charge is 0.315 e. The number of quaternary nitrogens is 1. The van der Waals surface area contributed by atoms with E-state index in [-0.39, 0.29) is 47.3 Å². The van der Waals surface area contributed by atoms with Gasteiger partial charge in [0.15, 0.2) is 0 Å². The van der Waals surface area contributed by atoms with Crippen molar-refractivity contribution in [3.63, 3.8) is 0 Å². The van der Waals surface area contributed by atoms with E-state index in [4.69, 9.17) is 18.9 Å². The molecule has 4 aliphatic rings. The van der Waals surface area contributed by atoms with E-state index < -0.39 is 0 Å². The Bertz CT molecular complexity index is 566. The first-order valence-corrected chi connectivity index (χ1v) is 10.1. The summed E-state index contributed by atoms with van der Waals surface area (Å²) in [4.78, 5) is 13.9. The highest BCUT2D eigenvalue weighted by Gasteiger charge is 2.78. The van der Waals surface area contributed by atoms with Gasteiger partial charge in [-0.2, -0.15) is 0 Å². The molecule has 0 amide bonds. The number of nitrogens with one attached hydrogen (secondary N) is 1. The van der Waals surface area contributed by atoms with Crippen molar-refractivity contribution in [3.8, 4) is 0 Å². The first kappa shape index (κ1) is 18.7. The molecule has 8 atom stereocenters. The van der Waals surface area contributed by atoms with Crippen LogP contribution in [0, 0.1) is 23.2 Å². The third-order valence-corrected chi connectivity index (χ3v) is 7.80. The molecule has 0 aromatic carbocycles. The molecular weight excluding hydrogens is 334 g/mol. The predicted octanol–water partition coefficient (Wildman–Crippen LogP) is 0.645. The van der Waals surface area contributed by atoms with Crippen molar-refractivity contribution < 1.29 is 28.6 Å². The summed E-state index contributed by atoms with van der Waals surface area (Å²) in [5.74, 6) is 0.651. The Morgan fingerprint density at radius 3 is 2.77 bits per heavy atom. The van der Waals surface area contributed by atoms with E-state index in [1.54, 1.807) is 14.2 Å². The monoisotopic (exact) mass is 368 g/mol. The molecule has 1 unspecified atom stereocenters. The van der Waals surface area contributed by atoms with E-state index >= 15 is 0 Å². The minimum atomic E-state index is -0.250. The molecule has 0 aromatic heterocycles. The van der Waals surface area contributed by atoms with Crippen molar-refractivity contribution in [2.45, 2.75) is 63.6 Å². The maximum Gasteiger partial charge on any atom is 0.315 e. The zero-order chi connectivity index (χ0) is 18.7. The average molecular weight is 368 g/mol. The zero-order valence-electron chi connectivity index (χ0n) is 16.7. The predicted molar refractivity (Wildman–Crippen MR) is 94.6 cm³/mol. The van der Waals surface area contributed by atoms with Gasteiger partial charge in [-0.25, -0.2) is 0 Å². The topological polar surface area (TPSA) is 61.7 Å². The summed E-state index contributed by atoms with van der Waals surface area (Å²) < 4.78 is 23.0. The van der Waals surface area contributed by atoms with Crippen LogP contribution < -0.4 is 4.90 Å². The van der Waals surface area contributed by atoms with Crippen LogP contribution in [-0.4, -0.2) is 64.4 Å². The Kier molecular flexibility index (Phi) is 4.62. The zero-order valence-corrected chi connectivity index (χ0v) is 16.7. The second-order valence-corrected chi connectivity index (χ2v) is 9.32. The molecule has 6 nitrogen and oxygen atoms in total. The molecule has 2 heterocycles. The number of epoxide rings is 1. The second-order valence-electron chi connectivity index (χ2n) is 9.32. The number of methoxy groups -OCH3 is 2. The van der Waals surface area contributed by atoms with Gasteiger partial charge in [0.25, 0.3) is 0 Å². The number of carbonyl (C=O) groups excluding carboxylic acids is 1. The van der Waals surface area contributed by atoms with E-state index in [2.05, 4.69) is 20.9 Å². The van der Waals surface area contributed by atoms with Crippen LogP contribution in [0.4, 0.5) is 0 Å². The number of likely N-dealkylation sites (N-methyl/N-ethyl adjacent to an activating group) is 1. The third-order valence-electron chi connectivity index (χ3n) is 7.80. The lowest BCUT2D eigenvalue weighted by molar-refractivity contribution is -0.888. The molecule has 2 aliphatic carbocycles. The molecule has 6 heteroatoms. The summed E-state index contributed by atoms with van der Waals surface area (Å²) in [7, 11) is 5.39. The SMILES string of the molecule is COC(C[NH+](C)C[C@H]1C(=O)O[C@@H]2C[C@@]3(C)CCC[C@H](C)[C@@]34O[C@H]4[C@@H]21)OC. The molecule has 0 aromatic rings. The van der Waals surface area contributed by atoms with Gasteiger partial charge in [-0.05, 0) is 25.2 Å². The number of fused-ring (bicyclic) bond motifs is 2. The number of hydrogen-bond acceptors (Lipinski definition) is 5. The van der Waals surface area contributed by atoms with Crippen molar-refractivity contribution in [1.29, 1.82) is 0 Å². The van der Waals surface area contributed by atoms with E-state index in [1.807, 2.05) is 0 Å². The first-order chi connectivity index (χ1) is 12.4. The lowest BCUT2D eigenvalue weighted by Gasteiger charge is -2.48. The fourth-order valence-corrected chi connectivity index (χ4v) is 6.47. The van der Waals surface area contributed by atoms with Gasteiger partial charge in [0.2, 0.25) is 6.29 Å². The molecule has 4 fully saturated rings. The van der Waals surface area contributed by atoms with Crippen LogP contribution in [0.3, 0.4) is 0 Å². The number of hydrogen-bond donors (Lipinski definition) is 1. The molecule has 2 aliphatic heterocycles. The first-order valence-electron chi connectivity index (χ1n) is 10.1. The van der Waals surface area contributed by atoms with Gasteiger partial charge in [-0.3, -0.25) is 4.79 Å². The minimum Gasteiger partial charge on any atom is -0.462 e. The summed E-state index contributed by atoms with van der Waals surface area (Å²) in [5.41, 5.74) is 0.135. The normalized spacial score (nSPS) is 47.8. The Balaban J connectivity index is 1.51. The van der Waals surface area contributed by atoms with Crippen LogP contribution in [0.5, 0.6) is 0 Å². The van der Waals surface area contributed by atoms with E-state index in [0.717, 1.165) is 13.0 Å². The Morgan fingerprint density at radius 1 is 1.35 bits per heavy atom. The summed E-state index contributed by atoms with van der Waals surface area (Å²) >= 11 is 0. The fraction of sp³-hybridized carbons (Fsp3) is 0.950. The lowest BCUT2D eigenvalue weighted by Crippen LogP contribution is -3.11. The van der Waals surface area contributed by atoms with Crippen molar-refractivity contribution in [3.05, 3.63) is 0 Å². The van der Waals surface area contributed by atoms with Gasteiger partial charge in [-0.1, -0.05) is 20.3 Å². The van der Waals surface area contributed by atoms with Crippen LogP contribution in [0.2, 0.25) is 0 Å². The fourth-order valence-electron chi connectivity index (χ4n) is 6.47. The van der Waals surface area contributed by atoms with Crippen molar-refractivity contribution in [2.75, 3.05) is 34.4 Å². The number of carbonyl (C=O) groups is 1. The molecular formula is C20H34NO5+. The van der Waals surface area contributed by atoms with Crippen LogP contribution in [0.25, 0.3) is 0 Å². The molecule has 0 radical (unpaired) electrons. The Hall–Kier alpha value is -0.690. The number of rotatable bonds is 6. The molecule has 148 valence electrons. The number of ether oxygens (including phenoxy) is 4. The van der Waals surface area contributed by atoms with Crippen LogP contribution in [0.1, 0.15) is 39.5 Å². The highest BCUT2D eigenvalue weighted by Crippen LogP contribution is 2.70. The van der Waals surface area contributed by atoms with Crippen LogP contribution >= 0.6 is 0 Å². The maximum atomic E-state index is 12.7. The van der Waals surface area contributed by atoms with E-state index in [9.17, 15) is 4.79 Å². The molecule has 1 N–H and O–H groups in total.